The van der Waals surface area contributed by atoms with Crippen LogP contribution in [0.15, 0.2) is 0 Å². The molecule has 1 saturated heterocycles. The SMILES string of the molecule is CC1CCC2C(CCC3C2CCC2(C)C(C(=O)NCC4CCOCC4)CCC32)C1. The van der Waals surface area contributed by atoms with Crippen molar-refractivity contribution in [2.24, 2.45) is 52.8 Å². The summed E-state index contributed by atoms with van der Waals surface area (Å²) in [7, 11) is 0. The van der Waals surface area contributed by atoms with Crippen molar-refractivity contribution in [3.05, 3.63) is 0 Å². The minimum atomic E-state index is 0.260. The smallest absolute Gasteiger partial charge is 0.223 e. The van der Waals surface area contributed by atoms with Gasteiger partial charge < -0.3 is 10.1 Å². The molecule has 0 radical (unpaired) electrons. The van der Waals surface area contributed by atoms with Crippen LogP contribution in [0.5, 0.6) is 0 Å². The summed E-state index contributed by atoms with van der Waals surface area (Å²) in [5, 5.41) is 3.38. The van der Waals surface area contributed by atoms with Gasteiger partial charge in [0, 0.05) is 25.7 Å². The second-order valence-corrected chi connectivity index (χ2v) is 11.8. The maximum Gasteiger partial charge on any atom is 0.223 e. The maximum absolute atomic E-state index is 13.2. The van der Waals surface area contributed by atoms with E-state index in [2.05, 4.69) is 19.2 Å². The number of carbonyl (C=O) groups is 1. The van der Waals surface area contributed by atoms with E-state index in [0.29, 0.717) is 11.8 Å². The van der Waals surface area contributed by atoms with E-state index in [1.165, 1.54) is 51.4 Å². The van der Waals surface area contributed by atoms with Gasteiger partial charge in [0.05, 0.1) is 0 Å². The lowest BCUT2D eigenvalue weighted by atomic mass is 9.49. The van der Waals surface area contributed by atoms with E-state index in [9.17, 15) is 4.79 Å². The molecule has 4 aliphatic carbocycles. The van der Waals surface area contributed by atoms with Crippen LogP contribution >= 0.6 is 0 Å². The summed E-state index contributed by atoms with van der Waals surface area (Å²) in [5.41, 5.74) is 0.260. The topological polar surface area (TPSA) is 38.3 Å². The molecular formula is C26H43NO2. The Balaban J connectivity index is 1.23. The van der Waals surface area contributed by atoms with Gasteiger partial charge >= 0.3 is 0 Å². The molecule has 0 aromatic rings. The Kier molecular flexibility index (Phi) is 5.73. The molecule has 1 aliphatic heterocycles. The average Bonchev–Trinajstić information content (AvgIpc) is 3.09. The fraction of sp³-hybridized carbons (Fsp3) is 0.962. The zero-order valence-electron chi connectivity index (χ0n) is 18.8. The first-order chi connectivity index (χ1) is 14.1. The van der Waals surface area contributed by atoms with E-state index in [-0.39, 0.29) is 11.3 Å². The van der Waals surface area contributed by atoms with Crippen LogP contribution in [0, 0.1) is 52.8 Å². The van der Waals surface area contributed by atoms with Crippen molar-refractivity contribution < 1.29 is 9.53 Å². The molecule has 29 heavy (non-hydrogen) atoms. The van der Waals surface area contributed by atoms with Crippen molar-refractivity contribution in [1.29, 1.82) is 0 Å². The van der Waals surface area contributed by atoms with E-state index in [1.807, 2.05) is 0 Å². The summed E-state index contributed by atoms with van der Waals surface area (Å²) < 4.78 is 5.47. The normalized spacial score (nSPS) is 47.7. The first kappa shape index (κ1) is 20.3. The van der Waals surface area contributed by atoms with Crippen LogP contribution in [0.2, 0.25) is 0 Å². The molecule has 3 nitrogen and oxygen atoms in total. The number of ether oxygens (including phenoxy) is 1. The summed E-state index contributed by atoms with van der Waals surface area (Å²) in [5.74, 6) is 6.94. The van der Waals surface area contributed by atoms with Crippen molar-refractivity contribution in [3.63, 3.8) is 0 Å². The number of amides is 1. The van der Waals surface area contributed by atoms with Crippen molar-refractivity contribution in [2.75, 3.05) is 19.8 Å². The van der Waals surface area contributed by atoms with Crippen molar-refractivity contribution >= 4 is 5.91 Å². The van der Waals surface area contributed by atoms with E-state index in [0.717, 1.165) is 74.5 Å². The van der Waals surface area contributed by atoms with Crippen molar-refractivity contribution in [1.82, 2.24) is 5.32 Å². The molecule has 1 amide bonds. The van der Waals surface area contributed by atoms with Crippen LogP contribution in [0.3, 0.4) is 0 Å². The minimum absolute atomic E-state index is 0.260. The summed E-state index contributed by atoms with van der Waals surface area (Å²) in [6, 6.07) is 0. The van der Waals surface area contributed by atoms with Crippen molar-refractivity contribution in [3.8, 4) is 0 Å². The Bertz CT molecular complexity index is 600. The lowest BCUT2D eigenvalue weighted by Crippen LogP contribution is -2.50. The van der Waals surface area contributed by atoms with Crippen molar-refractivity contribution in [2.45, 2.75) is 84.5 Å². The van der Waals surface area contributed by atoms with E-state index in [4.69, 9.17) is 4.74 Å². The van der Waals surface area contributed by atoms with E-state index < -0.39 is 0 Å². The molecule has 0 bridgehead atoms. The molecule has 1 N–H and O–H groups in total. The van der Waals surface area contributed by atoms with Gasteiger partial charge in [-0.2, -0.15) is 0 Å². The van der Waals surface area contributed by atoms with Gasteiger partial charge in [-0.15, -0.1) is 0 Å². The zero-order valence-corrected chi connectivity index (χ0v) is 18.8. The van der Waals surface area contributed by atoms with Crippen LogP contribution in [-0.4, -0.2) is 25.7 Å². The fourth-order valence-corrected chi connectivity index (χ4v) is 8.84. The molecule has 5 fully saturated rings. The minimum Gasteiger partial charge on any atom is -0.381 e. The van der Waals surface area contributed by atoms with Crippen LogP contribution in [-0.2, 0) is 9.53 Å². The third kappa shape index (κ3) is 3.68. The number of rotatable bonds is 3. The van der Waals surface area contributed by atoms with E-state index in [1.54, 1.807) is 0 Å². The summed E-state index contributed by atoms with van der Waals surface area (Å²) in [6.45, 7) is 7.57. The van der Waals surface area contributed by atoms with Gasteiger partial charge in [0.1, 0.15) is 0 Å². The number of hydrogen-bond acceptors (Lipinski definition) is 2. The predicted octanol–water partition coefficient (Wildman–Crippen LogP) is 5.43. The van der Waals surface area contributed by atoms with Gasteiger partial charge in [-0.05, 0) is 111 Å². The number of nitrogens with one attached hydrogen (secondary N) is 1. The maximum atomic E-state index is 13.2. The number of fused-ring (bicyclic) bond motifs is 5. The Morgan fingerprint density at radius 2 is 1.72 bits per heavy atom. The predicted molar refractivity (Wildman–Crippen MR) is 116 cm³/mol. The van der Waals surface area contributed by atoms with Gasteiger partial charge in [0.25, 0.3) is 0 Å². The summed E-state index contributed by atoms with van der Waals surface area (Å²) in [6.07, 6.45) is 14.7. The largest absolute Gasteiger partial charge is 0.381 e. The molecule has 5 rings (SSSR count). The quantitative estimate of drug-likeness (QED) is 0.684. The Hall–Kier alpha value is -0.570. The highest BCUT2D eigenvalue weighted by molar-refractivity contribution is 5.80. The zero-order chi connectivity index (χ0) is 20.0. The first-order valence-corrected chi connectivity index (χ1v) is 12.9. The molecule has 1 heterocycles. The molecule has 0 aromatic heterocycles. The third-order valence-electron chi connectivity index (χ3n) is 10.4. The van der Waals surface area contributed by atoms with Gasteiger partial charge in [-0.3, -0.25) is 4.79 Å². The highest BCUT2D eigenvalue weighted by Crippen LogP contribution is 2.64. The van der Waals surface area contributed by atoms with Crippen LogP contribution in [0.4, 0.5) is 0 Å². The Morgan fingerprint density at radius 1 is 0.931 bits per heavy atom. The Morgan fingerprint density at radius 3 is 2.55 bits per heavy atom. The second kappa shape index (κ2) is 8.17. The lowest BCUT2D eigenvalue weighted by molar-refractivity contribution is -0.133. The molecule has 0 aromatic carbocycles. The molecule has 8 atom stereocenters. The number of carbonyl (C=O) groups excluding carboxylic acids is 1. The van der Waals surface area contributed by atoms with Crippen LogP contribution in [0.25, 0.3) is 0 Å². The summed E-state index contributed by atoms with van der Waals surface area (Å²) >= 11 is 0. The van der Waals surface area contributed by atoms with Gasteiger partial charge in [0.15, 0.2) is 0 Å². The average molecular weight is 402 g/mol. The number of hydrogen-bond donors (Lipinski definition) is 1. The molecule has 5 aliphatic rings. The van der Waals surface area contributed by atoms with Gasteiger partial charge in [0.2, 0.25) is 5.91 Å². The summed E-state index contributed by atoms with van der Waals surface area (Å²) in [4.78, 5) is 13.2. The third-order valence-corrected chi connectivity index (χ3v) is 10.4. The monoisotopic (exact) mass is 401 g/mol. The van der Waals surface area contributed by atoms with Crippen LogP contribution in [0.1, 0.15) is 84.5 Å². The molecule has 8 unspecified atom stereocenters. The Labute approximate surface area is 178 Å². The van der Waals surface area contributed by atoms with E-state index >= 15 is 0 Å². The molecule has 0 spiro atoms. The molecule has 164 valence electrons. The second-order valence-electron chi connectivity index (χ2n) is 11.8. The molecular weight excluding hydrogens is 358 g/mol. The lowest BCUT2D eigenvalue weighted by Gasteiger charge is -2.56. The molecule has 4 saturated carbocycles. The highest BCUT2D eigenvalue weighted by Gasteiger charge is 2.58. The standard InChI is InChI=1S/C26H43NO2/c1-17-3-5-20-19(15-17)4-6-22-21(20)9-12-26(2)23(22)7-8-24(26)25(28)27-16-18-10-13-29-14-11-18/h17-24H,3-16H2,1-2H3,(H,27,28). The van der Waals surface area contributed by atoms with Crippen LogP contribution < -0.4 is 5.32 Å². The van der Waals surface area contributed by atoms with Gasteiger partial charge in [-0.1, -0.05) is 20.3 Å². The highest BCUT2D eigenvalue weighted by atomic mass is 16.5. The van der Waals surface area contributed by atoms with Gasteiger partial charge in [-0.25, -0.2) is 0 Å². The first-order valence-electron chi connectivity index (χ1n) is 12.9. The molecule has 3 heteroatoms. The fourth-order valence-electron chi connectivity index (χ4n) is 8.84.